The number of hydrogen-bond donors (Lipinski definition) is 0. The zero-order valence-corrected chi connectivity index (χ0v) is 13.3. The number of ether oxygens (including phenoxy) is 4. The summed E-state index contributed by atoms with van der Waals surface area (Å²) in [6.45, 7) is 0. The maximum absolute atomic E-state index is 12.5. The molecule has 0 bridgehead atoms. The van der Waals surface area contributed by atoms with Crippen LogP contribution in [0.5, 0.6) is 23.0 Å². The largest absolute Gasteiger partial charge is 0.497 e. The molecule has 2 aromatic carbocycles. The fraction of sp³-hybridized carbons (Fsp3) is 0.278. The van der Waals surface area contributed by atoms with Crippen molar-refractivity contribution in [2.24, 2.45) is 0 Å². The first-order valence-corrected chi connectivity index (χ1v) is 7.26. The first-order valence-electron chi connectivity index (χ1n) is 7.26. The predicted molar refractivity (Wildman–Crippen MR) is 84.9 cm³/mol. The third-order valence-electron chi connectivity index (χ3n) is 3.91. The SMILES string of the molecule is COc1ccc([C@H]2CC(=O)c3cc(OC)ccc3O2)c(OC)c1. The van der Waals surface area contributed by atoms with Gasteiger partial charge in [-0.1, -0.05) is 0 Å². The maximum Gasteiger partial charge on any atom is 0.170 e. The number of benzene rings is 2. The van der Waals surface area contributed by atoms with Crippen LogP contribution in [0.25, 0.3) is 0 Å². The van der Waals surface area contributed by atoms with Crippen molar-refractivity contribution in [1.29, 1.82) is 0 Å². The zero-order chi connectivity index (χ0) is 16.4. The minimum absolute atomic E-state index is 0.0213. The molecule has 1 aliphatic rings. The fourth-order valence-corrected chi connectivity index (χ4v) is 2.69. The average molecular weight is 314 g/mol. The van der Waals surface area contributed by atoms with Crippen LogP contribution in [0.2, 0.25) is 0 Å². The van der Waals surface area contributed by atoms with E-state index in [4.69, 9.17) is 18.9 Å². The number of carbonyl (C=O) groups excluding carboxylic acids is 1. The predicted octanol–water partition coefficient (Wildman–Crippen LogP) is 3.42. The minimum atomic E-state index is -0.385. The van der Waals surface area contributed by atoms with E-state index in [9.17, 15) is 4.79 Å². The van der Waals surface area contributed by atoms with Gasteiger partial charge < -0.3 is 18.9 Å². The van der Waals surface area contributed by atoms with Crippen LogP contribution >= 0.6 is 0 Å². The van der Waals surface area contributed by atoms with Crippen molar-refractivity contribution in [2.75, 3.05) is 21.3 Å². The topological polar surface area (TPSA) is 54.0 Å². The Labute approximate surface area is 134 Å². The van der Waals surface area contributed by atoms with Gasteiger partial charge in [-0.25, -0.2) is 0 Å². The second kappa shape index (κ2) is 6.20. The van der Waals surface area contributed by atoms with E-state index in [1.165, 1.54) is 0 Å². The summed E-state index contributed by atoms with van der Waals surface area (Å²) in [6, 6.07) is 10.7. The number of Topliss-reactive ketones (excluding diaryl/α,β-unsaturated/α-hetero) is 1. The lowest BCUT2D eigenvalue weighted by Gasteiger charge is -2.27. The molecule has 0 N–H and O–H groups in total. The number of hydrogen-bond acceptors (Lipinski definition) is 5. The Hall–Kier alpha value is -2.69. The Bertz CT molecular complexity index is 738. The molecule has 0 saturated heterocycles. The molecule has 2 aromatic rings. The van der Waals surface area contributed by atoms with E-state index in [0.717, 1.165) is 5.56 Å². The van der Waals surface area contributed by atoms with Crippen molar-refractivity contribution in [3.63, 3.8) is 0 Å². The van der Waals surface area contributed by atoms with Crippen LogP contribution in [0.4, 0.5) is 0 Å². The summed E-state index contributed by atoms with van der Waals surface area (Å²) < 4.78 is 21.8. The van der Waals surface area contributed by atoms with Crippen LogP contribution in [-0.4, -0.2) is 27.1 Å². The van der Waals surface area contributed by atoms with Crippen molar-refractivity contribution < 1.29 is 23.7 Å². The first-order chi connectivity index (χ1) is 11.2. The van der Waals surface area contributed by atoms with E-state index in [1.807, 2.05) is 12.1 Å². The summed E-state index contributed by atoms with van der Waals surface area (Å²) in [5, 5.41) is 0. The summed E-state index contributed by atoms with van der Waals surface area (Å²) in [7, 11) is 4.75. The number of methoxy groups -OCH3 is 3. The molecule has 23 heavy (non-hydrogen) atoms. The fourth-order valence-electron chi connectivity index (χ4n) is 2.69. The monoisotopic (exact) mass is 314 g/mol. The molecule has 0 fully saturated rings. The van der Waals surface area contributed by atoms with E-state index in [1.54, 1.807) is 45.6 Å². The van der Waals surface area contributed by atoms with Crippen LogP contribution in [-0.2, 0) is 0 Å². The molecule has 3 rings (SSSR count). The molecule has 1 atom stereocenters. The van der Waals surface area contributed by atoms with Gasteiger partial charge in [0.15, 0.2) is 5.78 Å². The Balaban J connectivity index is 1.96. The van der Waals surface area contributed by atoms with Gasteiger partial charge in [0.2, 0.25) is 0 Å². The molecule has 0 saturated carbocycles. The van der Waals surface area contributed by atoms with Crippen molar-refractivity contribution >= 4 is 5.78 Å². The van der Waals surface area contributed by atoms with Gasteiger partial charge in [0.05, 0.1) is 33.3 Å². The molecule has 120 valence electrons. The van der Waals surface area contributed by atoms with Gasteiger partial charge in [-0.2, -0.15) is 0 Å². The summed E-state index contributed by atoms with van der Waals surface area (Å²) in [4.78, 5) is 12.5. The van der Waals surface area contributed by atoms with E-state index in [-0.39, 0.29) is 18.3 Å². The summed E-state index contributed by atoms with van der Waals surface area (Å²) in [5.74, 6) is 2.55. The Morgan fingerprint density at radius 1 is 0.957 bits per heavy atom. The Kier molecular flexibility index (Phi) is 4.10. The van der Waals surface area contributed by atoms with Gasteiger partial charge in [-0.05, 0) is 30.3 Å². The van der Waals surface area contributed by atoms with Crippen molar-refractivity contribution in [2.45, 2.75) is 12.5 Å². The van der Waals surface area contributed by atoms with Crippen molar-refractivity contribution in [3.8, 4) is 23.0 Å². The molecular weight excluding hydrogens is 296 g/mol. The molecule has 1 heterocycles. The van der Waals surface area contributed by atoms with Gasteiger partial charge in [0, 0.05) is 11.6 Å². The lowest BCUT2D eigenvalue weighted by molar-refractivity contribution is 0.0846. The summed E-state index contributed by atoms with van der Waals surface area (Å²) in [5.41, 5.74) is 1.37. The number of carbonyl (C=O) groups is 1. The van der Waals surface area contributed by atoms with E-state index in [2.05, 4.69) is 0 Å². The minimum Gasteiger partial charge on any atom is -0.497 e. The third kappa shape index (κ3) is 2.82. The molecular formula is C18H18O5. The highest BCUT2D eigenvalue weighted by molar-refractivity contribution is 6.00. The Morgan fingerprint density at radius 2 is 1.65 bits per heavy atom. The highest BCUT2D eigenvalue weighted by Crippen LogP contribution is 2.40. The molecule has 0 aliphatic carbocycles. The standard InChI is InChI=1S/C18H18O5/c1-20-11-5-7-16-14(8-11)15(19)10-18(23-16)13-6-4-12(21-2)9-17(13)22-3/h4-9,18H,10H2,1-3H3/t18-/m1/s1. The first kappa shape index (κ1) is 15.2. The Morgan fingerprint density at radius 3 is 2.35 bits per heavy atom. The van der Waals surface area contributed by atoms with E-state index >= 15 is 0 Å². The van der Waals surface area contributed by atoms with Gasteiger partial charge in [-0.3, -0.25) is 4.79 Å². The molecule has 1 aliphatic heterocycles. The quantitative estimate of drug-likeness (QED) is 0.865. The third-order valence-corrected chi connectivity index (χ3v) is 3.91. The van der Waals surface area contributed by atoms with Gasteiger partial charge in [-0.15, -0.1) is 0 Å². The van der Waals surface area contributed by atoms with Crippen molar-refractivity contribution in [1.82, 2.24) is 0 Å². The molecule has 0 radical (unpaired) electrons. The van der Waals surface area contributed by atoms with Crippen LogP contribution < -0.4 is 18.9 Å². The average Bonchev–Trinajstić information content (AvgIpc) is 2.60. The molecule has 0 amide bonds. The van der Waals surface area contributed by atoms with Crippen LogP contribution in [0, 0.1) is 0 Å². The molecule has 0 unspecified atom stereocenters. The van der Waals surface area contributed by atoms with Crippen LogP contribution in [0.3, 0.4) is 0 Å². The smallest absolute Gasteiger partial charge is 0.170 e. The highest BCUT2D eigenvalue weighted by atomic mass is 16.5. The van der Waals surface area contributed by atoms with Gasteiger partial charge in [0.25, 0.3) is 0 Å². The van der Waals surface area contributed by atoms with Gasteiger partial charge in [0.1, 0.15) is 29.1 Å². The second-order valence-corrected chi connectivity index (χ2v) is 5.20. The van der Waals surface area contributed by atoms with Crippen LogP contribution in [0.15, 0.2) is 36.4 Å². The zero-order valence-electron chi connectivity index (χ0n) is 13.3. The molecule has 5 heteroatoms. The highest BCUT2D eigenvalue weighted by Gasteiger charge is 2.30. The normalized spacial score (nSPS) is 16.3. The van der Waals surface area contributed by atoms with Crippen LogP contribution in [0.1, 0.15) is 28.4 Å². The number of ketones is 1. The summed E-state index contributed by atoms with van der Waals surface area (Å²) in [6.07, 6.45) is -0.132. The molecule has 5 nitrogen and oxygen atoms in total. The molecule has 0 spiro atoms. The van der Waals surface area contributed by atoms with Gasteiger partial charge >= 0.3 is 0 Å². The number of fused-ring (bicyclic) bond motifs is 1. The number of rotatable bonds is 4. The molecule has 0 aromatic heterocycles. The maximum atomic E-state index is 12.5. The van der Waals surface area contributed by atoms with E-state index in [0.29, 0.717) is 28.6 Å². The lowest BCUT2D eigenvalue weighted by Crippen LogP contribution is -2.21. The van der Waals surface area contributed by atoms with E-state index < -0.39 is 0 Å². The van der Waals surface area contributed by atoms with Crippen molar-refractivity contribution in [3.05, 3.63) is 47.5 Å². The second-order valence-electron chi connectivity index (χ2n) is 5.20. The lowest BCUT2D eigenvalue weighted by atomic mass is 9.95. The summed E-state index contributed by atoms with van der Waals surface area (Å²) >= 11 is 0.